The molecule has 2 aliphatic rings. The average molecular weight is 446 g/mol. The van der Waals surface area contributed by atoms with Gasteiger partial charge in [0.2, 0.25) is 11.8 Å². The van der Waals surface area contributed by atoms with Crippen LogP contribution >= 0.6 is 0 Å². The van der Waals surface area contributed by atoms with Crippen LogP contribution in [0.4, 0.5) is 18.9 Å². The number of anilines is 1. The van der Waals surface area contributed by atoms with E-state index in [4.69, 9.17) is 0 Å². The highest BCUT2D eigenvalue weighted by Crippen LogP contribution is 2.34. The number of amides is 3. The largest absolute Gasteiger partial charge is 0.416 e. The minimum Gasteiger partial charge on any atom is -0.337 e. The molecular formula is C22H21F3N4O3. The Kier molecular flexibility index (Phi) is 5.64. The molecule has 0 unspecified atom stereocenters. The van der Waals surface area contributed by atoms with Gasteiger partial charge in [-0.25, -0.2) is 0 Å². The van der Waals surface area contributed by atoms with Crippen LogP contribution in [0, 0.1) is 0 Å². The molecule has 1 atom stereocenters. The summed E-state index contributed by atoms with van der Waals surface area (Å²) in [6, 6.07) is 8.58. The molecule has 0 saturated carbocycles. The van der Waals surface area contributed by atoms with Crippen LogP contribution in [0.3, 0.4) is 0 Å². The van der Waals surface area contributed by atoms with E-state index >= 15 is 0 Å². The second-order valence-corrected chi connectivity index (χ2v) is 7.71. The van der Waals surface area contributed by atoms with Crippen LogP contribution in [-0.4, -0.2) is 66.8 Å². The number of nitrogens with one attached hydrogen (secondary N) is 2. The van der Waals surface area contributed by atoms with E-state index in [1.165, 1.54) is 34.1 Å². The Balaban J connectivity index is 1.66. The number of piperazine rings is 1. The van der Waals surface area contributed by atoms with E-state index in [-0.39, 0.29) is 31.1 Å². The fourth-order valence-corrected chi connectivity index (χ4v) is 4.00. The third kappa shape index (κ3) is 4.05. The molecule has 0 bridgehead atoms. The van der Waals surface area contributed by atoms with Crippen molar-refractivity contribution in [1.29, 1.82) is 0 Å². The lowest BCUT2D eigenvalue weighted by Gasteiger charge is -2.39. The predicted octanol–water partition coefficient (Wildman–Crippen LogP) is 2.20. The summed E-state index contributed by atoms with van der Waals surface area (Å²) in [6.45, 7) is 0.674. The second-order valence-electron chi connectivity index (χ2n) is 7.71. The summed E-state index contributed by atoms with van der Waals surface area (Å²) in [5.41, 5.74) is 0.444. The van der Waals surface area contributed by atoms with E-state index < -0.39 is 29.6 Å². The zero-order valence-corrected chi connectivity index (χ0v) is 17.2. The Morgan fingerprint density at radius 3 is 2.59 bits per heavy atom. The molecule has 32 heavy (non-hydrogen) atoms. The van der Waals surface area contributed by atoms with Crippen LogP contribution < -0.4 is 10.6 Å². The summed E-state index contributed by atoms with van der Waals surface area (Å²) in [6.07, 6.45) is -4.48. The molecule has 2 aromatic carbocycles. The Morgan fingerprint density at radius 2 is 1.88 bits per heavy atom. The monoisotopic (exact) mass is 446 g/mol. The molecule has 2 aliphatic heterocycles. The standard InChI is InChI=1S/C22H21F3N4O3/c1-26-11-19(30)28-7-8-29-18(12-28)20(31)27-17-6-5-14(10-16(17)21(29)32)13-3-2-4-15(9-13)22(23,24)25/h2-6,9-10,18,26H,7-8,11-12H2,1H3,(H,27,31)/t18-/m1/s1. The first-order chi connectivity index (χ1) is 15.2. The van der Waals surface area contributed by atoms with Crippen molar-refractivity contribution in [2.45, 2.75) is 12.2 Å². The van der Waals surface area contributed by atoms with Crippen LogP contribution in [0.1, 0.15) is 15.9 Å². The number of halogens is 3. The Labute approximate surface area is 182 Å². The molecule has 0 aromatic heterocycles. The van der Waals surface area contributed by atoms with Crippen molar-refractivity contribution in [3.05, 3.63) is 53.6 Å². The number of benzene rings is 2. The van der Waals surface area contributed by atoms with Gasteiger partial charge < -0.3 is 20.4 Å². The van der Waals surface area contributed by atoms with Gasteiger partial charge in [0, 0.05) is 13.1 Å². The first-order valence-electron chi connectivity index (χ1n) is 10.0. The fraction of sp³-hybridized carbons (Fsp3) is 0.318. The minimum atomic E-state index is -4.48. The average Bonchev–Trinajstić information content (AvgIpc) is 2.87. The number of rotatable bonds is 3. The lowest BCUT2D eigenvalue weighted by atomic mass is 9.99. The first kappa shape index (κ1) is 21.8. The van der Waals surface area contributed by atoms with E-state index in [2.05, 4.69) is 10.6 Å². The topological polar surface area (TPSA) is 81.8 Å². The molecule has 1 saturated heterocycles. The maximum Gasteiger partial charge on any atom is 0.416 e. The summed E-state index contributed by atoms with van der Waals surface area (Å²) in [7, 11) is 1.65. The maximum atomic E-state index is 13.3. The molecule has 0 radical (unpaired) electrons. The fourth-order valence-electron chi connectivity index (χ4n) is 4.00. The molecule has 2 heterocycles. The van der Waals surface area contributed by atoms with Gasteiger partial charge in [-0.3, -0.25) is 14.4 Å². The quantitative estimate of drug-likeness (QED) is 0.758. The molecule has 1 fully saturated rings. The van der Waals surface area contributed by atoms with E-state index in [0.717, 1.165) is 12.1 Å². The summed E-state index contributed by atoms with van der Waals surface area (Å²) in [5, 5.41) is 5.50. The van der Waals surface area contributed by atoms with E-state index in [9.17, 15) is 27.6 Å². The zero-order valence-electron chi connectivity index (χ0n) is 17.2. The molecule has 2 N–H and O–H groups in total. The van der Waals surface area contributed by atoms with Crippen molar-refractivity contribution in [3.8, 4) is 11.1 Å². The van der Waals surface area contributed by atoms with Crippen LogP contribution in [0.2, 0.25) is 0 Å². The van der Waals surface area contributed by atoms with Gasteiger partial charge in [-0.2, -0.15) is 13.2 Å². The second kappa shape index (κ2) is 8.27. The Hall–Kier alpha value is -3.40. The number of carbonyl (C=O) groups excluding carboxylic acids is 3. The molecular weight excluding hydrogens is 425 g/mol. The molecule has 2 aromatic rings. The zero-order chi connectivity index (χ0) is 23.0. The maximum absolute atomic E-state index is 13.3. The normalized spacial score (nSPS) is 18.6. The molecule has 0 aliphatic carbocycles. The Bertz CT molecular complexity index is 1090. The van der Waals surface area contributed by atoms with Crippen molar-refractivity contribution in [2.24, 2.45) is 0 Å². The number of carbonyl (C=O) groups is 3. The Morgan fingerprint density at radius 1 is 1.12 bits per heavy atom. The van der Waals surface area contributed by atoms with E-state index in [0.29, 0.717) is 23.4 Å². The van der Waals surface area contributed by atoms with Gasteiger partial charge in [0.1, 0.15) is 6.04 Å². The summed E-state index contributed by atoms with van der Waals surface area (Å²) in [5.74, 6) is -0.982. The SMILES string of the molecule is CNCC(=O)N1CCN2C(=O)c3cc(-c4cccc(C(F)(F)F)c4)ccc3NC(=O)[C@H]2C1. The van der Waals surface area contributed by atoms with Crippen molar-refractivity contribution < 1.29 is 27.6 Å². The summed E-state index contributed by atoms with van der Waals surface area (Å²) in [4.78, 5) is 41.2. The van der Waals surface area contributed by atoms with Crippen molar-refractivity contribution in [2.75, 3.05) is 38.5 Å². The third-order valence-corrected chi connectivity index (χ3v) is 5.66. The highest BCUT2D eigenvalue weighted by Gasteiger charge is 2.40. The number of hydrogen-bond acceptors (Lipinski definition) is 4. The number of fused-ring (bicyclic) bond motifs is 2. The minimum absolute atomic E-state index is 0.0760. The molecule has 0 spiro atoms. The highest BCUT2D eigenvalue weighted by molar-refractivity contribution is 6.10. The highest BCUT2D eigenvalue weighted by atomic mass is 19.4. The van der Waals surface area contributed by atoms with Crippen LogP contribution in [0.25, 0.3) is 11.1 Å². The lowest BCUT2D eigenvalue weighted by Crippen LogP contribution is -2.60. The van der Waals surface area contributed by atoms with Crippen LogP contribution in [-0.2, 0) is 15.8 Å². The number of nitrogens with zero attached hydrogens (tertiary/aromatic N) is 2. The van der Waals surface area contributed by atoms with Gasteiger partial charge in [0.25, 0.3) is 5.91 Å². The predicted molar refractivity (Wildman–Crippen MR) is 111 cm³/mol. The third-order valence-electron chi connectivity index (χ3n) is 5.66. The molecule has 7 nitrogen and oxygen atoms in total. The lowest BCUT2D eigenvalue weighted by molar-refractivity contribution is -0.137. The summed E-state index contributed by atoms with van der Waals surface area (Å²) >= 11 is 0. The van der Waals surface area contributed by atoms with Crippen LogP contribution in [0.15, 0.2) is 42.5 Å². The molecule has 10 heteroatoms. The molecule has 168 valence electrons. The van der Waals surface area contributed by atoms with E-state index in [1.54, 1.807) is 13.1 Å². The molecule has 3 amide bonds. The van der Waals surface area contributed by atoms with Gasteiger partial charge in [0.15, 0.2) is 0 Å². The smallest absolute Gasteiger partial charge is 0.337 e. The van der Waals surface area contributed by atoms with Gasteiger partial charge >= 0.3 is 6.18 Å². The van der Waals surface area contributed by atoms with Gasteiger partial charge in [-0.1, -0.05) is 18.2 Å². The van der Waals surface area contributed by atoms with Crippen molar-refractivity contribution >= 4 is 23.4 Å². The summed E-state index contributed by atoms with van der Waals surface area (Å²) < 4.78 is 39.3. The molecule has 4 rings (SSSR count). The van der Waals surface area contributed by atoms with Gasteiger partial charge in [0.05, 0.1) is 29.9 Å². The van der Waals surface area contributed by atoms with Gasteiger partial charge in [-0.05, 0) is 42.4 Å². The number of hydrogen-bond donors (Lipinski definition) is 2. The van der Waals surface area contributed by atoms with Crippen LogP contribution in [0.5, 0.6) is 0 Å². The van der Waals surface area contributed by atoms with Crippen molar-refractivity contribution in [3.63, 3.8) is 0 Å². The van der Waals surface area contributed by atoms with Gasteiger partial charge in [-0.15, -0.1) is 0 Å². The van der Waals surface area contributed by atoms with E-state index in [1.807, 2.05) is 0 Å². The number of alkyl halides is 3. The first-order valence-corrected chi connectivity index (χ1v) is 10.0. The van der Waals surface area contributed by atoms with Crippen molar-refractivity contribution in [1.82, 2.24) is 15.1 Å². The number of likely N-dealkylation sites (N-methyl/N-ethyl adjacent to an activating group) is 1.